The Morgan fingerprint density at radius 2 is 1.88 bits per heavy atom. The average molecular weight is 692 g/mol. The number of amides is 4. The lowest BCUT2D eigenvalue weighted by Gasteiger charge is -2.37. The van der Waals surface area contributed by atoms with E-state index >= 15 is 0 Å². The van der Waals surface area contributed by atoms with Gasteiger partial charge in [0.15, 0.2) is 0 Å². The predicted octanol–water partition coefficient (Wildman–Crippen LogP) is 1.01. The zero-order chi connectivity index (χ0) is 35.6. The minimum absolute atomic E-state index is 0.0143. The lowest BCUT2D eigenvalue weighted by Crippen LogP contribution is -2.64. The normalized spacial score (nSPS) is 21.9. The van der Waals surface area contributed by atoms with E-state index in [9.17, 15) is 29.1 Å². The van der Waals surface area contributed by atoms with Crippen molar-refractivity contribution in [3.63, 3.8) is 0 Å². The Kier molecular flexibility index (Phi) is 10.0. The minimum Gasteiger partial charge on any atom is -0.384 e. The molecule has 268 valence electrons. The summed E-state index contributed by atoms with van der Waals surface area (Å²) in [5.41, 5.74) is 4.62. The monoisotopic (exact) mass is 691 g/mol. The SMILES string of the molecule is CC(C)(O)c1cnnn1[C@H]1C[C@@H](C(=O)NC2(C(=O)C(N)=O)CCOCC2)N(C(=O)[C@@H](CC2CCCCC2)NC(=O)c2ccc3nc[nH]c3c2)C1. The van der Waals surface area contributed by atoms with Crippen LogP contribution < -0.4 is 16.4 Å². The van der Waals surface area contributed by atoms with Crippen molar-refractivity contribution < 1.29 is 33.8 Å². The highest BCUT2D eigenvalue weighted by atomic mass is 16.5. The highest BCUT2D eigenvalue weighted by Gasteiger charge is 2.49. The first kappa shape index (κ1) is 35.1. The Hall–Kier alpha value is -4.70. The lowest BCUT2D eigenvalue weighted by atomic mass is 9.84. The number of aromatic nitrogens is 5. The predicted molar refractivity (Wildman–Crippen MR) is 178 cm³/mol. The maximum Gasteiger partial charge on any atom is 0.287 e. The van der Waals surface area contributed by atoms with Crippen LogP contribution in [0.1, 0.15) is 93.7 Å². The number of hydrogen-bond acceptors (Lipinski definition) is 10. The van der Waals surface area contributed by atoms with E-state index in [0.717, 1.165) is 32.1 Å². The van der Waals surface area contributed by atoms with Crippen LogP contribution in [0.25, 0.3) is 11.0 Å². The second-order valence-corrected chi connectivity index (χ2v) is 14.3. The second-order valence-electron chi connectivity index (χ2n) is 14.3. The van der Waals surface area contributed by atoms with Crippen molar-refractivity contribution >= 4 is 40.4 Å². The standard InChI is InChI=1S/C34H45N9O7/c1-33(2,49)27-17-38-41-43(27)22-16-26(31(47)40-34(28(44)29(35)45)10-12-50-13-11-34)42(18-22)32(48)25(14-20-6-4-3-5-7-20)39-30(46)21-8-9-23-24(15-21)37-19-36-23/h8-9,15,17,19-20,22,25-26,49H,3-7,10-14,16,18H2,1-2H3,(H2,35,45)(H,36,37)(H,39,46)(H,40,47)/t22-,25+,26-/m0/s1. The molecular formula is C34H45N9O7. The average Bonchev–Trinajstić information content (AvgIpc) is 3.87. The summed E-state index contributed by atoms with van der Waals surface area (Å²) in [5, 5.41) is 24.8. The van der Waals surface area contributed by atoms with Gasteiger partial charge in [-0.05, 0) is 44.4 Å². The number of carbonyl (C=O) groups is 5. The van der Waals surface area contributed by atoms with Gasteiger partial charge in [-0.1, -0.05) is 37.3 Å². The maximum atomic E-state index is 14.7. The van der Waals surface area contributed by atoms with Crippen LogP contribution in [-0.4, -0.2) is 102 Å². The summed E-state index contributed by atoms with van der Waals surface area (Å²) in [7, 11) is 0. The van der Waals surface area contributed by atoms with Crippen LogP contribution in [0.4, 0.5) is 0 Å². The third-order valence-electron chi connectivity index (χ3n) is 10.4. The van der Waals surface area contributed by atoms with Gasteiger partial charge >= 0.3 is 0 Å². The van der Waals surface area contributed by atoms with Crippen molar-refractivity contribution in [1.82, 2.24) is 40.5 Å². The Morgan fingerprint density at radius 3 is 2.58 bits per heavy atom. The van der Waals surface area contributed by atoms with Gasteiger partial charge in [-0.2, -0.15) is 0 Å². The fourth-order valence-corrected chi connectivity index (χ4v) is 7.61. The van der Waals surface area contributed by atoms with Gasteiger partial charge in [-0.3, -0.25) is 24.0 Å². The van der Waals surface area contributed by atoms with Crippen molar-refractivity contribution in [2.24, 2.45) is 11.7 Å². The third-order valence-corrected chi connectivity index (χ3v) is 10.4. The Morgan fingerprint density at radius 1 is 1.14 bits per heavy atom. The molecule has 2 saturated heterocycles. The molecule has 50 heavy (non-hydrogen) atoms. The number of aromatic amines is 1. The van der Waals surface area contributed by atoms with E-state index < -0.39 is 58.7 Å². The van der Waals surface area contributed by atoms with E-state index in [1.807, 2.05) is 0 Å². The molecule has 1 aromatic carbocycles. The molecule has 3 atom stereocenters. The van der Waals surface area contributed by atoms with Crippen molar-refractivity contribution in [2.75, 3.05) is 19.8 Å². The van der Waals surface area contributed by atoms with Crippen molar-refractivity contribution in [3.05, 3.63) is 42.0 Å². The van der Waals surface area contributed by atoms with Gasteiger partial charge in [0.1, 0.15) is 23.2 Å². The molecule has 0 spiro atoms. The number of ether oxygens (including phenoxy) is 1. The molecule has 2 aromatic heterocycles. The number of nitrogens with two attached hydrogens (primary N) is 1. The minimum atomic E-state index is -1.58. The number of carbonyl (C=O) groups excluding carboxylic acids is 5. The van der Waals surface area contributed by atoms with E-state index in [0.29, 0.717) is 28.7 Å². The Balaban J connectivity index is 1.33. The lowest BCUT2D eigenvalue weighted by molar-refractivity contribution is -0.147. The number of benzene rings is 1. The van der Waals surface area contributed by atoms with Gasteiger partial charge in [-0.15, -0.1) is 5.10 Å². The number of primary amides is 1. The van der Waals surface area contributed by atoms with E-state index in [1.165, 1.54) is 22.1 Å². The van der Waals surface area contributed by atoms with E-state index in [2.05, 4.69) is 30.9 Å². The molecule has 0 unspecified atom stereocenters. The van der Waals surface area contributed by atoms with Gasteiger partial charge in [0, 0.05) is 44.6 Å². The fraction of sp³-hybridized carbons (Fsp3) is 0.588. The quantitative estimate of drug-likeness (QED) is 0.179. The summed E-state index contributed by atoms with van der Waals surface area (Å²) in [6.07, 6.45) is 8.50. The molecular weight excluding hydrogens is 646 g/mol. The molecule has 0 radical (unpaired) electrons. The topological polar surface area (TPSA) is 228 Å². The van der Waals surface area contributed by atoms with Crippen LogP contribution in [0.5, 0.6) is 0 Å². The summed E-state index contributed by atoms with van der Waals surface area (Å²) in [6, 6.07) is 2.39. The highest BCUT2D eigenvalue weighted by molar-refractivity contribution is 6.39. The van der Waals surface area contributed by atoms with Crippen LogP contribution in [0.3, 0.4) is 0 Å². The fourth-order valence-electron chi connectivity index (χ4n) is 7.61. The first-order chi connectivity index (χ1) is 23.9. The molecule has 3 aliphatic rings. The van der Waals surface area contributed by atoms with Gasteiger partial charge in [0.2, 0.25) is 17.6 Å². The zero-order valence-electron chi connectivity index (χ0n) is 28.4. The van der Waals surface area contributed by atoms with Crippen LogP contribution in [0.2, 0.25) is 0 Å². The van der Waals surface area contributed by atoms with Crippen LogP contribution in [0, 0.1) is 5.92 Å². The molecule has 16 heteroatoms. The summed E-state index contributed by atoms with van der Waals surface area (Å²) in [5.74, 6) is -3.46. The summed E-state index contributed by atoms with van der Waals surface area (Å²) in [4.78, 5) is 76.6. The molecule has 3 aromatic rings. The molecule has 1 saturated carbocycles. The molecule has 0 bridgehead atoms. The van der Waals surface area contributed by atoms with E-state index in [1.54, 1.807) is 32.0 Å². The van der Waals surface area contributed by atoms with Crippen LogP contribution in [-0.2, 0) is 29.5 Å². The largest absolute Gasteiger partial charge is 0.384 e. The number of likely N-dealkylation sites (tertiary alicyclic amines) is 1. The van der Waals surface area contributed by atoms with Crippen molar-refractivity contribution in [2.45, 2.75) is 101 Å². The number of aliphatic hydroxyl groups is 1. The Bertz CT molecular complexity index is 1750. The second kappa shape index (κ2) is 14.3. The Labute approximate surface area is 288 Å². The molecule has 6 N–H and O–H groups in total. The van der Waals surface area contributed by atoms with E-state index in [-0.39, 0.29) is 44.9 Å². The molecule has 3 fully saturated rings. The third kappa shape index (κ3) is 7.26. The van der Waals surface area contributed by atoms with Gasteiger partial charge < -0.3 is 36.1 Å². The van der Waals surface area contributed by atoms with Crippen LogP contribution >= 0.6 is 0 Å². The number of H-pyrrole nitrogens is 1. The number of Topliss-reactive ketones (excluding diaryl/α,β-unsaturated/α-hetero) is 1. The molecule has 1 aliphatic carbocycles. The first-order valence-electron chi connectivity index (χ1n) is 17.3. The number of nitrogens with zero attached hydrogens (tertiary/aromatic N) is 5. The number of hydrogen-bond donors (Lipinski definition) is 5. The number of ketones is 1. The number of rotatable bonds is 11. The van der Waals surface area contributed by atoms with Crippen LogP contribution in [0.15, 0.2) is 30.7 Å². The smallest absolute Gasteiger partial charge is 0.287 e. The maximum absolute atomic E-state index is 14.7. The number of imidazole rings is 1. The zero-order valence-corrected chi connectivity index (χ0v) is 28.4. The van der Waals surface area contributed by atoms with Crippen molar-refractivity contribution in [1.29, 1.82) is 0 Å². The van der Waals surface area contributed by atoms with Gasteiger partial charge in [-0.25, -0.2) is 9.67 Å². The molecule has 4 amide bonds. The van der Waals surface area contributed by atoms with Crippen molar-refractivity contribution in [3.8, 4) is 0 Å². The molecule has 6 rings (SSSR count). The molecule has 4 heterocycles. The van der Waals surface area contributed by atoms with Gasteiger partial charge in [0.25, 0.3) is 11.8 Å². The molecule has 2 aliphatic heterocycles. The summed E-state index contributed by atoms with van der Waals surface area (Å²) in [6.45, 7) is 3.45. The highest BCUT2D eigenvalue weighted by Crippen LogP contribution is 2.34. The van der Waals surface area contributed by atoms with E-state index in [4.69, 9.17) is 10.5 Å². The number of fused-ring (bicyclic) bond motifs is 1. The molecule has 16 nitrogen and oxygen atoms in total. The summed E-state index contributed by atoms with van der Waals surface area (Å²) < 4.78 is 6.93. The van der Waals surface area contributed by atoms with Gasteiger partial charge in [0.05, 0.1) is 35.3 Å². The first-order valence-corrected chi connectivity index (χ1v) is 17.3. The number of nitrogens with one attached hydrogen (secondary N) is 3. The summed E-state index contributed by atoms with van der Waals surface area (Å²) >= 11 is 0.